The summed E-state index contributed by atoms with van der Waals surface area (Å²) in [5, 5.41) is 7.81. The first kappa shape index (κ1) is 18.4. The molecule has 24 heavy (non-hydrogen) atoms. The van der Waals surface area contributed by atoms with Crippen molar-refractivity contribution in [2.75, 3.05) is 27.2 Å². The summed E-state index contributed by atoms with van der Waals surface area (Å²) in [5.74, 6) is -0.600. The van der Waals surface area contributed by atoms with Gasteiger partial charge in [-0.05, 0) is 37.7 Å². The van der Waals surface area contributed by atoms with Gasteiger partial charge in [0, 0.05) is 11.4 Å². The molecule has 128 valence electrons. The normalized spacial score (nSPS) is 12.0. The lowest BCUT2D eigenvalue weighted by Crippen LogP contribution is -2.40. The number of hydrogen-bond acceptors (Lipinski definition) is 4. The molecule has 1 unspecified atom stereocenters. The molecule has 1 aromatic heterocycles. The van der Waals surface area contributed by atoms with E-state index in [1.807, 2.05) is 31.6 Å². The number of halogens is 1. The van der Waals surface area contributed by atoms with Crippen molar-refractivity contribution in [2.24, 2.45) is 0 Å². The molecule has 0 aliphatic heterocycles. The van der Waals surface area contributed by atoms with Gasteiger partial charge in [-0.15, -0.1) is 11.3 Å². The molecular weight excluding hydrogens is 346 g/mol. The van der Waals surface area contributed by atoms with Gasteiger partial charge in [-0.2, -0.15) is 0 Å². The number of carbonyl (C=O) groups is 2. The van der Waals surface area contributed by atoms with E-state index >= 15 is 0 Å². The topological polar surface area (TPSA) is 61.4 Å². The van der Waals surface area contributed by atoms with Gasteiger partial charge in [0.15, 0.2) is 0 Å². The summed E-state index contributed by atoms with van der Waals surface area (Å²) in [5.41, 5.74) is 0.358. The van der Waals surface area contributed by atoms with Crippen molar-refractivity contribution < 1.29 is 9.59 Å². The Balaban J connectivity index is 1.83. The monoisotopic (exact) mass is 365 g/mol. The second-order valence-electron chi connectivity index (χ2n) is 5.46. The van der Waals surface area contributed by atoms with Crippen LogP contribution in [0.4, 0.5) is 0 Å². The lowest BCUT2D eigenvalue weighted by molar-refractivity contribution is -0.120. The third-order valence-corrected chi connectivity index (χ3v) is 4.82. The summed E-state index contributed by atoms with van der Waals surface area (Å²) in [6.45, 7) is 0.392. The second-order valence-corrected chi connectivity index (χ2v) is 6.85. The van der Waals surface area contributed by atoms with Gasteiger partial charge in [0.2, 0.25) is 5.91 Å². The molecule has 0 aliphatic rings. The molecule has 1 aromatic carbocycles. The molecule has 0 bridgehead atoms. The van der Waals surface area contributed by atoms with Crippen LogP contribution in [0.15, 0.2) is 41.8 Å². The van der Waals surface area contributed by atoms with Crippen LogP contribution in [0.2, 0.25) is 5.02 Å². The van der Waals surface area contributed by atoms with Crippen LogP contribution in [0.1, 0.15) is 21.3 Å². The van der Waals surface area contributed by atoms with Crippen LogP contribution in [0.3, 0.4) is 0 Å². The predicted octanol–water partition coefficient (Wildman–Crippen LogP) is 2.55. The third kappa shape index (κ3) is 5.06. The average molecular weight is 366 g/mol. The van der Waals surface area contributed by atoms with Crippen molar-refractivity contribution in [1.29, 1.82) is 0 Å². The van der Waals surface area contributed by atoms with E-state index in [9.17, 15) is 9.59 Å². The van der Waals surface area contributed by atoms with Crippen LogP contribution >= 0.6 is 22.9 Å². The van der Waals surface area contributed by atoms with E-state index in [0.29, 0.717) is 17.1 Å². The van der Waals surface area contributed by atoms with Crippen LogP contribution in [-0.2, 0) is 4.79 Å². The molecule has 7 heteroatoms. The quantitative estimate of drug-likeness (QED) is 0.792. The molecule has 1 atom stereocenters. The molecule has 0 spiro atoms. The minimum Gasteiger partial charge on any atom is -0.353 e. The summed E-state index contributed by atoms with van der Waals surface area (Å²) in [6.07, 6.45) is 0. The molecule has 2 N–H and O–H groups in total. The SMILES string of the molecule is CN(C)C(CNC(=O)CNC(=O)c1ccccc1Cl)c1cccs1. The van der Waals surface area contributed by atoms with E-state index in [1.54, 1.807) is 35.6 Å². The summed E-state index contributed by atoms with van der Waals surface area (Å²) in [7, 11) is 3.94. The average Bonchev–Trinajstić information content (AvgIpc) is 3.07. The zero-order chi connectivity index (χ0) is 17.5. The number of nitrogens with one attached hydrogen (secondary N) is 2. The molecule has 0 fully saturated rings. The number of rotatable bonds is 7. The highest BCUT2D eigenvalue weighted by Gasteiger charge is 2.17. The molecule has 0 saturated heterocycles. The van der Waals surface area contributed by atoms with Gasteiger partial charge in [-0.25, -0.2) is 0 Å². The molecule has 2 rings (SSSR count). The smallest absolute Gasteiger partial charge is 0.253 e. The van der Waals surface area contributed by atoms with E-state index in [0.717, 1.165) is 0 Å². The van der Waals surface area contributed by atoms with E-state index < -0.39 is 0 Å². The summed E-state index contributed by atoms with van der Waals surface area (Å²) in [6, 6.07) is 10.9. The van der Waals surface area contributed by atoms with Crippen molar-refractivity contribution in [2.45, 2.75) is 6.04 Å². The van der Waals surface area contributed by atoms with Gasteiger partial charge in [-0.3, -0.25) is 9.59 Å². The standard InChI is InChI=1S/C17H20ClN3O2S/c1-21(2)14(15-8-5-9-24-15)10-19-16(22)11-20-17(23)12-6-3-4-7-13(12)18/h3-9,14H,10-11H2,1-2H3,(H,19,22)(H,20,23). The number of amides is 2. The number of carbonyl (C=O) groups excluding carboxylic acids is 2. The van der Waals surface area contributed by atoms with Crippen LogP contribution in [0, 0.1) is 0 Å². The second kappa shape index (κ2) is 8.82. The van der Waals surface area contributed by atoms with Crippen molar-refractivity contribution in [3.05, 3.63) is 57.2 Å². The fourth-order valence-corrected chi connectivity index (χ4v) is 3.34. The number of likely N-dealkylation sites (N-methyl/N-ethyl adjacent to an activating group) is 1. The van der Waals surface area contributed by atoms with Crippen molar-refractivity contribution >= 4 is 34.8 Å². The summed E-state index contributed by atoms with van der Waals surface area (Å²) < 4.78 is 0. The fourth-order valence-electron chi connectivity index (χ4n) is 2.19. The predicted molar refractivity (Wildman–Crippen MR) is 97.5 cm³/mol. The Morgan fingerprint density at radius 2 is 1.92 bits per heavy atom. The molecule has 2 aromatic rings. The molecule has 0 aliphatic carbocycles. The van der Waals surface area contributed by atoms with Crippen molar-refractivity contribution in [3.8, 4) is 0 Å². The van der Waals surface area contributed by atoms with Gasteiger partial charge in [0.05, 0.1) is 23.2 Å². The van der Waals surface area contributed by atoms with Gasteiger partial charge < -0.3 is 15.5 Å². The van der Waals surface area contributed by atoms with Crippen LogP contribution in [-0.4, -0.2) is 43.9 Å². The highest BCUT2D eigenvalue weighted by molar-refractivity contribution is 7.10. The molecule has 0 radical (unpaired) electrons. The van der Waals surface area contributed by atoms with E-state index in [2.05, 4.69) is 15.5 Å². The maximum atomic E-state index is 12.0. The number of benzene rings is 1. The van der Waals surface area contributed by atoms with E-state index in [4.69, 9.17) is 11.6 Å². The Bertz CT molecular complexity index is 689. The maximum Gasteiger partial charge on any atom is 0.253 e. The number of hydrogen-bond donors (Lipinski definition) is 2. The van der Waals surface area contributed by atoms with Crippen LogP contribution in [0.5, 0.6) is 0 Å². The zero-order valence-corrected chi connectivity index (χ0v) is 15.2. The van der Waals surface area contributed by atoms with Gasteiger partial charge in [0.25, 0.3) is 5.91 Å². The Morgan fingerprint density at radius 1 is 1.17 bits per heavy atom. The largest absolute Gasteiger partial charge is 0.353 e. The van der Waals surface area contributed by atoms with Gasteiger partial charge >= 0.3 is 0 Å². The Morgan fingerprint density at radius 3 is 2.54 bits per heavy atom. The first-order valence-electron chi connectivity index (χ1n) is 7.48. The number of thiophene rings is 1. The first-order chi connectivity index (χ1) is 11.5. The van der Waals surface area contributed by atoms with Crippen molar-refractivity contribution in [1.82, 2.24) is 15.5 Å². The zero-order valence-electron chi connectivity index (χ0n) is 13.6. The minimum atomic E-state index is -0.363. The van der Waals surface area contributed by atoms with Gasteiger partial charge in [-0.1, -0.05) is 29.8 Å². The number of nitrogens with zero attached hydrogens (tertiary/aromatic N) is 1. The van der Waals surface area contributed by atoms with E-state index in [-0.39, 0.29) is 24.4 Å². The van der Waals surface area contributed by atoms with Gasteiger partial charge in [0.1, 0.15) is 0 Å². The molecule has 2 amide bonds. The van der Waals surface area contributed by atoms with E-state index in [1.165, 1.54) is 4.88 Å². The highest BCUT2D eigenvalue weighted by Crippen LogP contribution is 2.22. The molecule has 0 saturated carbocycles. The molecular formula is C17H20ClN3O2S. The highest BCUT2D eigenvalue weighted by atomic mass is 35.5. The van der Waals surface area contributed by atoms with Crippen LogP contribution in [0.25, 0.3) is 0 Å². The Hall–Kier alpha value is -1.89. The first-order valence-corrected chi connectivity index (χ1v) is 8.74. The molecule has 5 nitrogen and oxygen atoms in total. The molecule has 1 heterocycles. The summed E-state index contributed by atoms with van der Waals surface area (Å²) in [4.78, 5) is 27.2. The Kier molecular flexibility index (Phi) is 6.78. The lowest BCUT2D eigenvalue weighted by Gasteiger charge is -2.23. The summed E-state index contributed by atoms with van der Waals surface area (Å²) >= 11 is 7.61. The third-order valence-electron chi connectivity index (χ3n) is 3.52. The minimum absolute atomic E-state index is 0.0886. The van der Waals surface area contributed by atoms with Crippen LogP contribution < -0.4 is 10.6 Å². The maximum absolute atomic E-state index is 12.0. The van der Waals surface area contributed by atoms with Crippen molar-refractivity contribution in [3.63, 3.8) is 0 Å². The fraction of sp³-hybridized carbons (Fsp3) is 0.294. The lowest BCUT2D eigenvalue weighted by atomic mass is 10.2. The Labute approximate surface area is 150 Å².